The van der Waals surface area contributed by atoms with Crippen LogP contribution in [0.4, 0.5) is 5.00 Å². The van der Waals surface area contributed by atoms with Crippen molar-refractivity contribution in [1.82, 2.24) is 4.90 Å². The number of thiophene rings is 1. The molecule has 2 amide bonds. The molecule has 1 aromatic heterocycles. The van der Waals surface area contributed by atoms with Crippen LogP contribution in [0, 0.1) is 6.92 Å². The Bertz CT molecular complexity index is 1050. The highest BCUT2D eigenvalue weighted by atomic mass is 32.1. The lowest BCUT2D eigenvalue weighted by molar-refractivity contribution is -0.119. The quantitative estimate of drug-likeness (QED) is 0.608. The highest BCUT2D eigenvalue weighted by Gasteiger charge is 2.27. The minimum atomic E-state index is -0.643. The van der Waals surface area contributed by atoms with Gasteiger partial charge in [0.15, 0.2) is 6.61 Å². The topological polar surface area (TPSA) is 102 Å². The molecule has 8 nitrogen and oxygen atoms in total. The van der Waals surface area contributed by atoms with Gasteiger partial charge in [-0.05, 0) is 42.5 Å². The zero-order valence-corrected chi connectivity index (χ0v) is 20.8. The van der Waals surface area contributed by atoms with Crippen molar-refractivity contribution in [3.63, 3.8) is 0 Å². The molecule has 0 unspecified atom stereocenters. The summed E-state index contributed by atoms with van der Waals surface area (Å²) < 4.78 is 10.2. The Labute approximate surface area is 197 Å². The van der Waals surface area contributed by atoms with Crippen LogP contribution in [0.5, 0.6) is 0 Å². The molecule has 0 spiro atoms. The third kappa shape index (κ3) is 6.41. The molecular weight excluding hydrogens is 444 g/mol. The van der Waals surface area contributed by atoms with E-state index in [1.54, 1.807) is 40.1 Å². The molecule has 9 heteroatoms. The van der Waals surface area contributed by atoms with Crippen molar-refractivity contribution in [2.75, 3.05) is 32.6 Å². The fraction of sp³-hybridized carbons (Fsp3) is 0.417. The zero-order chi connectivity index (χ0) is 24.9. The zero-order valence-electron chi connectivity index (χ0n) is 20.0. The highest BCUT2D eigenvalue weighted by Crippen LogP contribution is 2.34. The second kappa shape index (κ2) is 10.6. The Hall–Kier alpha value is -3.20. The lowest BCUT2D eigenvalue weighted by Gasteiger charge is -2.18. The van der Waals surface area contributed by atoms with Gasteiger partial charge in [0.25, 0.3) is 11.8 Å². The van der Waals surface area contributed by atoms with E-state index in [1.807, 2.05) is 12.1 Å². The van der Waals surface area contributed by atoms with Crippen LogP contribution in [-0.2, 0) is 19.7 Å². The van der Waals surface area contributed by atoms with Crippen LogP contribution >= 0.6 is 11.3 Å². The van der Waals surface area contributed by atoms with Crippen molar-refractivity contribution < 1.29 is 28.7 Å². The van der Waals surface area contributed by atoms with E-state index in [9.17, 15) is 19.2 Å². The summed E-state index contributed by atoms with van der Waals surface area (Å²) in [6, 6.07) is 7.00. The Morgan fingerprint density at radius 3 is 2.12 bits per heavy atom. The molecule has 2 rings (SSSR count). The van der Waals surface area contributed by atoms with Crippen LogP contribution in [0.3, 0.4) is 0 Å². The number of hydrogen-bond donors (Lipinski definition) is 1. The Morgan fingerprint density at radius 2 is 1.61 bits per heavy atom. The largest absolute Gasteiger partial charge is 0.462 e. The van der Waals surface area contributed by atoms with E-state index in [1.165, 1.54) is 4.90 Å². The second-order valence-corrected chi connectivity index (χ2v) is 9.65. The molecular formula is C24H30N2O6S. The van der Waals surface area contributed by atoms with E-state index >= 15 is 0 Å². The highest BCUT2D eigenvalue weighted by molar-refractivity contribution is 7.18. The van der Waals surface area contributed by atoms with Gasteiger partial charge in [-0.1, -0.05) is 32.9 Å². The third-order valence-corrected chi connectivity index (χ3v) is 6.00. The number of anilines is 1. The van der Waals surface area contributed by atoms with Gasteiger partial charge in [-0.25, -0.2) is 9.59 Å². The second-order valence-electron chi connectivity index (χ2n) is 8.63. The first-order chi connectivity index (χ1) is 15.4. The Balaban J connectivity index is 2.14. The molecule has 0 fully saturated rings. The summed E-state index contributed by atoms with van der Waals surface area (Å²) in [7, 11) is 3.19. The predicted octanol–water partition coefficient (Wildman–Crippen LogP) is 4.03. The van der Waals surface area contributed by atoms with Crippen LogP contribution in [0.15, 0.2) is 24.3 Å². The number of benzene rings is 1. The van der Waals surface area contributed by atoms with Crippen molar-refractivity contribution in [3.05, 3.63) is 51.4 Å². The minimum absolute atomic E-state index is 0.0510. The molecule has 0 aliphatic carbocycles. The Kier molecular flexibility index (Phi) is 8.38. The van der Waals surface area contributed by atoms with Crippen LogP contribution in [-0.4, -0.2) is 56.0 Å². The summed E-state index contributed by atoms with van der Waals surface area (Å²) in [6.45, 7) is 9.09. The van der Waals surface area contributed by atoms with Gasteiger partial charge in [0, 0.05) is 14.1 Å². The van der Waals surface area contributed by atoms with Gasteiger partial charge in [-0.2, -0.15) is 0 Å². The lowest BCUT2D eigenvalue weighted by atomic mass is 9.87. The van der Waals surface area contributed by atoms with E-state index in [0.29, 0.717) is 16.0 Å². The van der Waals surface area contributed by atoms with Gasteiger partial charge in [0.1, 0.15) is 5.00 Å². The molecule has 0 radical (unpaired) electrons. The Morgan fingerprint density at radius 1 is 1.00 bits per heavy atom. The molecule has 0 aliphatic rings. The molecule has 0 atom stereocenters. The first-order valence-electron chi connectivity index (χ1n) is 10.5. The summed E-state index contributed by atoms with van der Waals surface area (Å²) in [5, 5.41) is 2.74. The van der Waals surface area contributed by atoms with E-state index < -0.39 is 24.5 Å². The molecule has 0 saturated carbocycles. The van der Waals surface area contributed by atoms with Crippen molar-refractivity contribution in [1.29, 1.82) is 0 Å². The molecule has 0 aliphatic heterocycles. The summed E-state index contributed by atoms with van der Waals surface area (Å²) in [4.78, 5) is 51.4. The number of hydrogen-bond acceptors (Lipinski definition) is 7. The SMILES string of the molecule is CCOC(=O)c1c(NC(=O)COC(=O)c2ccc(C(C)(C)C)cc2)sc(C(=O)N(C)C)c1C. The normalized spacial score (nSPS) is 11.0. The number of carbonyl (C=O) groups excluding carboxylic acids is 4. The van der Waals surface area contributed by atoms with E-state index in [-0.39, 0.29) is 28.5 Å². The van der Waals surface area contributed by atoms with E-state index in [4.69, 9.17) is 9.47 Å². The van der Waals surface area contributed by atoms with Crippen molar-refractivity contribution >= 4 is 40.1 Å². The van der Waals surface area contributed by atoms with Crippen LogP contribution in [0.1, 0.15) is 69.2 Å². The average Bonchev–Trinajstić information content (AvgIpc) is 3.06. The van der Waals surface area contributed by atoms with Gasteiger partial charge in [0.05, 0.1) is 22.6 Å². The number of nitrogens with one attached hydrogen (secondary N) is 1. The van der Waals surface area contributed by atoms with Gasteiger partial charge in [-0.15, -0.1) is 11.3 Å². The van der Waals surface area contributed by atoms with Crippen molar-refractivity contribution in [3.8, 4) is 0 Å². The van der Waals surface area contributed by atoms with Gasteiger partial charge in [0.2, 0.25) is 0 Å². The van der Waals surface area contributed by atoms with Gasteiger partial charge >= 0.3 is 11.9 Å². The van der Waals surface area contributed by atoms with Crippen molar-refractivity contribution in [2.45, 2.75) is 40.0 Å². The molecule has 1 N–H and O–H groups in total. The average molecular weight is 475 g/mol. The number of nitrogens with zero attached hydrogens (tertiary/aromatic N) is 1. The predicted molar refractivity (Wildman–Crippen MR) is 127 cm³/mol. The minimum Gasteiger partial charge on any atom is -0.462 e. The van der Waals surface area contributed by atoms with Crippen LogP contribution < -0.4 is 5.32 Å². The number of rotatable bonds is 7. The number of carbonyl (C=O) groups is 4. The summed E-state index contributed by atoms with van der Waals surface area (Å²) >= 11 is 0.975. The van der Waals surface area contributed by atoms with Crippen molar-refractivity contribution in [2.24, 2.45) is 0 Å². The third-order valence-electron chi connectivity index (χ3n) is 4.80. The van der Waals surface area contributed by atoms with Gasteiger partial charge in [-0.3, -0.25) is 9.59 Å². The first kappa shape index (κ1) is 26.1. The molecule has 0 bridgehead atoms. The van der Waals surface area contributed by atoms with E-state index in [0.717, 1.165) is 16.9 Å². The van der Waals surface area contributed by atoms with Crippen LogP contribution in [0.25, 0.3) is 0 Å². The first-order valence-corrected chi connectivity index (χ1v) is 11.3. The van der Waals surface area contributed by atoms with E-state index in [2.05, 4.69) is 26.1 Å². The standard InChI is InChI=1S/C24H30N2O6S/c1-8-31-23(30)18-14(2)19(21(28)26(6)7)33-20(18)25-17(27)13-32-22(29)15-9-11-16(12-10-15)24(3,4)5/h9-12H,8,13H2,1-7H3,(H,25,27). The fourth-order valence-corrected chi connectivity index (χ4v) is 4.17. The molecule has 2 aromatic rings. The number of amides is 2. The van der Waals surface area contributed by atoms with Crippen LogP contribution in [0.2, 0.25) is 0 Å². The maximum atomic E-state index is 12.5. The summed E-state index contributed by atoms with van der Waals surface area (Å²) in [5.41, 5.74) is 1.88. The lowest BCUT2D eigenvalue weighted by Crippen LogP contribution is -2.22. The van der Waals surface area contributed by atoms with Gasteiger partial charge < -0.3 is 19.7 Å². The molecule has 1 aromatic carbocycles. The smallest absolute Gasteiger partial charge is 0.341 e. The fourth-order valence-electron chi connectivity index (χ4n) is 2.94. The number of ether oxygens (including phenoxy) is 2. The molecule has 33 heavy (non-hydrogen) atoms. The summed E-state index contributed by atoms with van der Waals surface area (Å²) in [6.07, 6.45) is 0. The molecule has 1 heterocycles. The molecule has 0 saturated heterocycles. The monoisotopic (exact) mass is 474 g/mol. The number of esters is 2. The molecule has 178 valence electrons. The summed E-state index contributed by atoms with van der Waals surface area (Å²) in [5.74, 6) is -2.21. The maximum Gasteiger partial charge on any atom is 0.341 e. The maximum absolute atomic E-state index is 12.5.